The Morgan fingerprint density at radius 3 is 2.77 bits per heavy atom. The van der Waals surface area contributed by atoms with Gasteiger partial charge in [0, 0.05) is 31.2 Å². The number of pyridine rings is 2. The molecular formula is C25H21N5O4S. The number of hydrogen-bond donors (Lipinski definition) is 1. The number of nitro benzene ring substituents is 1. The smallest absolute Gasteiger partial charge is 0.273 e. The maximum atomic E-state index is 11.2. The van der Waals surface area contributed by atoms with Gasteiger partial charge in [-0.3, -0.25) is 20.1 Å². The van der Waals surface area contributed by atoms with Gasteiger partial charge in [0.25, 0.3) is 5.69 Å². The van der Waals surface area contributed by atoms with Crippen molar-refractivity contribution in [2.45, 2.75) is 18.6 Å². The Hall–Kier alpha value is -4.31. The highest BCUT2D eigenvalue weighted by atomic mass is 32.1. The molecule has 10 heteroatoms. The van der Waals surface area contributed by atoms with E-state index in [4.69, 9.17) is 21.4 Å². The summed E-state index contributed by atoms with van der Waals surface area (Å²) in [6.45, 7) is 0.532. The summed E-state index contributed by atoms with van der Waals surface area (Å²) < 4.78 is 11.7. The first-order chi connectivity index (χ1) is 17.0. The molecule has 1 saturated heterocycles. The summed E-state index contributed by atoms with van der Waals surface area (Å²) in [5.41, 5.74) is 2.40. The molecule has 1 N–H and O–H groups in total. The average molecular weight is 488 g/mol. The zero-order chi connectivity index (χ0) is 24.4. The third-order valence-electron chi connectivity index (χ3n) is 5.85. The number of ether oxygens (including phenoxy) is 1. The Morgan fingerprint density at radius 2 is 2.06 bits per heavy atom. The first kappa shape index (κ1) is 22.5. The van der Waals surface area contributed by atoms with Gasteiger partial charge in [0.15, 0.2) is 5.11 Å². The van der Waals surface area contributed by atoms with Gasteiger partial charge in [-0.05, 0) is 54.2 Å². The van der Waals surface area contributed by atoms with Crippen molar-refractivity contribution in [3.8, 4) is 17.1 Å². The van der Waals surface area contributed by atoms with E-state index in [1.54, 1.807) is 18.5 Å². The Balaban J connectivity index is 1.54. The van der Waals surface area contributed by atoms with Gasteiger partial charge in [0.05, 0.1) is 35.4 Å². The summed E-state index contributed by atoms with van der Waals surface area (Å²) in [6.07, 6.45) is 5.29. The van der Waals surface area contributed by atoms with E-state index in [9.17, 15) is 10.1 Å². The van der Waals surface area contributed by atoms with Crippen LogP contribution in [-0.4, -0.2) is 32.0 Å². The van der Waals surface area contributed by atoms with E-state index in [0.717, 1.165) is 11.3 Å². The van der Waals surface area contributed by atoms with Gasteiger partial charge < -0.3 is 19.4 Å². The maximum absolute atomic E-state index is 11.2. The second kappa shape index (κ2) is 9.51. The van der Waals surface area contributed by atoms with E-state index in [-0.39, 0.29) is 17.8 Å². The summed E-state index contributed by atoms with van der Waals surface area (Å²) in [7, 11) is 1.47. The van der Waals surface area contributed by atoms with Crippen LogP contribution in [0.1, 0.15) is 29.1 Å². The lowest BCUT2D eigenvalue weighted by molar-refractivity contribution is -0.384. The summed E-state index contributed by atoms with van der Waals surface area (Å²) >= 11 is 5.71. The van der Waals surface area contributed by atoms with E-state index in [0.29, 0.717) is 34.5 Å². The number of furan rings is 1. The Labute approximate surface area is 206 Å². The van der Waals surface area contributed by atoms with Gasteiger partial charge >= 0.3 is 0 Å². The van der Waals surface area contributed by atoms with Crippen LogP contribution in [0, 0.1) is 10.1 Å². The third-order valence-corrected chi connectivity index (χ3v) is 6.21. The first-order valence-corrected chi connectivity index (χ1v) is 11.3. The Morgan fingerprint density at radius 1 is 1.17 bits per heavy atom. The van der Waals surface area contributed by atoms with Crippen molar-refractivity contribution in [1.29, 1.82) is 0 Å². The number of non-ortho nitro benzene ring substituents is 1. The van der Waals surface area contributed by atoms with Crippen LogP contribution in [0.5, 0.6) is 5.75 Å². The number of methoxy groups -OCH3 is 1. The van der Waals surface area contributed by atoms with Crippen molar-refractivity contribution in [2.75, 3.05) is 7.11 Å². The number of hydrogen-bond acceptors (Lipinski definition) is 7. The Kier molecular flexibility index (Phi) is 6.11. The lowest BCUT2D eigenvalue weighted by Crippen LogP contribution is -2.29. The summed E-state index contributed by atoms with van der Waals surface area (Å²) in [5.74, 6) is 1.56. The van der Waals surface area contributed by atoms with Gasteiger partial charge in [-0.2, -0.15) is 0 Å². The van der Waals surface area contributed by atoms with E-state index < -0.39 is 4.92 Å². The van der Waals surface area contributed by atoms with Crippen LogP contribution in [0.25, 0.3) is 11.3 Å². The number of thiocarbonyl (C=S) groups is 1. The largest absolute Gasteiger partial charge is 0.496 e. The summed E-state index contributed by atoms with van der Waals surface area (Å²) in [6, 6.07) is 17.3. The van der Waals surface area contributed by atoms with Gasteiger partial charge in [0.1, 0.15) is 23.3 Å². The summed E-state index contributed by atoms with van der Waals surface area (Å²) in [4.78, 5) is 21.5. The van der Waals surface area contributed by atoms with Crippen molar-refractivity contribution in [3.63, 3.8) is 0 Å². The molecule has 0 aliphatic carbocycles. The monoisotopic (exact) mass is 487 g/mol. The molecular weight excluding hydrogens is 466 g/mol. The minimum absolute atomic E-state index is 0.0550. The zero-order valence-electron chi connectivity index (χ0n) is 18.7. The lowest BCUT2D eigenvalue weighted by Gasteiger charge is -2.26. The fourth-order valence-corrected chi connectivity index (χ4v) is 4.53. The van der Waals surface area contributed by atoms with Crippen molar-refractivity contribution in [3.05, 3.63) is 106 Å². The van der Waals surface area contributed by atoms with Crippen LogP contribution in [0.15, 0.2) is 83.7 Å². The third kappa shape index (κ3) is 4.43. The minimum Gasteiger partial charge on any atom is -0.496 e. The predicted molar refractivity (Wildman–Crippen MR) is 133 cm³/mol. The number of nitro groups is 1. The Bertz CT molecular complexity index is 1360. The SMILES string of the molecule is COc1cc([N+](=O)[O-])ccc1-c1ccc([C@H]2[C@H](c3ccccn3)NC(=S)N2Cc2cccnc2)o1. The van der Waals surface area contributed by atoms with E-state index in [2.05, 4.69) is 20.2 Å². The van der Waals surface area contributed by atoms with Crippen LogP contribution >= 0.6 is 12.2 Å². The van der Waals surface area contributed by atoms with Gasteiger partial charge in [-0.15, -0.1) is 0 Å². The molecule has 1 fully saturated rings. The highest BCUT2D eigenvalue weighted by molar-refractivity contribution is 7.80. The molecule has 1 aliphatic heterocycles. The topological polar surface area (TPSA) is 107 Å². The highest BCUT2D eigenvalue weighted by Crippen LogP contribution is 2.42. The highest BCUT2D eigenvalue weighted by Gasteiger charge is 2.41. The quantitative estimate of drug-likeness (QED) is 0.223. The fraction of sp³-hybridized carbons (Fsp3) is 0.160. The van der Waals surface area contributed by atoms with Crippen molar-refractivity contribution >= 4 is 23.0 Å². The summed E-state index contributed by atoms with van der Waals surface area (Å²) in [5, 5.41) is 15.2. The van der Waals surface area contributed by atoms with Crippen LogP contribution < -0.4 is 10.1 Å². The van der Waals surface area contributed by atoms with Crippen LogP contribution in [0.3, 0.4) is 0 Å². The second-order valence-electron chi connectivity index (χ2n) is 7.96. The number of nitrogens with zero attached hydrogens (tertiary/aromatic N) is 4. The molecule has 1 aromatic carbocycles. The second-order valence-corrected chi connectivity index (χ2v) is 8.35. The lowest BCUT2D eigenvalue weighted by atomic mass is 10.0. The van der Waals surface area contributed by atoms with Crippen LogP contribution in [0.4, 0.5) is 5.69 Å². The van der Waals surface area contributed by atoms with Gasteiger partial charge in [0.2, 0.25) is 0 Å². The molecule has 2 atom stereocenters. The molecule has 4 heterocycles. The van der Waals surface area contributed by atoms with Gasteiger partial charge in [-0.25, -0.2) is 0 Å². The maximum Gasteiger partial charge on any atom is 0.273 e. The van der Waals surface area contributed by atoms with Crippen LogP contribution in [0.2, 0.25) is 0 Å². The normalized spacial score (nSPS) is 17.3. The predicted octanol–water partition coefficient (Wildman–Crippen LogP) is 4.83. The first-order valence-electron chi connectivity index (χ1n) is 10.8. The minimum atomic E-state index is -0.460. The number of benzene rings is 1. The molecule has 1 aliphatic rings. The molecule has 4 aromatic rings. The molecule has 5 rings (SSSR count). The molecule has 35 heavy (non-hydrogen) atoms. The zero-order valence-corrected chi connectivity index (χ0v) is 19.5. The number of rotatable bonds is 7. The molecule has 0 radical (unpaired) electrons. The standard InChI is InChI=1S/C25H21N5O4S/c1-33-22-13-17(30(31)32)7-8-18(22)20-9-10-21(34-20)24-23(19-6-2-3-12-27-19)28-25(35)29(24)15-16-5-4-11-26-14-16/h2-14,23-24H,15H2,1H3,(H,28,35)/t23-,24-/m0/s1. The molecule has 0 bridgehead atoms. The molecule has 0 unspecified atom stereocenters. The average Bonchev–Trinajstić information content (AvgIpc) is 3.49. The molecule has 3 aromatic heterocycles. The number of nitrogens with one attached hydrogen (secondary N) is 1. The van der Waals surface area contributed by atoms with Crippen LogP contribution in [-0.2, 0) is 6.54 Å². The van der Waals surface area contributed by atoms with E-state index in [1.165, 1.54) is 19.2 Å². The van der Waals surface area contributed by atoms with Crippen molar-refractivity contribution in [1.82, 2.24) is 20.2 Å². The molecule has 0 saturated carbocycles. The van der Waals surface area contributed by atoms with E-state index in [1.807, 2.05) is 48.7 Å². The van der Waals surface area contributed by atoms with Gasteiger partial charge in [-0.1, -0.05) is 12.1 Å². The fourth-order valence-electron chi connectivity index (χ4n) is 4.23. The number of aromatic nitrogens is 2. The molecule has 0 spiro atoms. The van der Waals surface area contributed by atoms with E-state index >= 15 is 0 Å². The van der Waals surface area contributed by atoms with Crippen molar-refractivity contribution in [2.24, 2.45) is 0 Å². The molecule has 9 nitrogen and oxygen atoms in total. The molecule has 0 amide bonds. The molecule has 176 valence electrons. The van der Waals surface area contributed by atoms with Crippen molar-refractivity contribution < 1.29 is 14.1 Å².